The summed E-state index contributed by atoms with van der Waals surface area (Å²) in [6.45, 7) is 1.40. The zero-order chi connectivity index (χ0) is 32.7. The van der Waals surface area contributed by atoms with Crippen molar-refractivity contribution < 1.29 is 46.0 Å². The van der Waals surface area contributed by atoms with E-state index in [9.17, 15) is 14.2 Å². The van der Waals surface area contributed by atoms with Gasteiger partial charge in [0.15, 0.2) is 17.9 Å². The summed E-state index contributed by atoms with van der Waals surface area (Å²) in [5.74, 6) is -2.17. The van der Waals surface area contributed by atoms with Crippen molar-refractivity contribution in [3.8, 4) is 0 Å². The van der Waals surface area contributed by atoms with Crippen LogP contribution in [0, 0.1) is 11.6 Å². The Morgan fingerprint density at radius 3 is 2.02 bits per heavy atom. The Bertz CT molecular complexity index is 1490. The van der Waals surface area contributed by atoms with E-state index >= 15 is 8.78 Å². The van der Waals surface area contributed by atoms with Gasteiger partial charge in [0.05, 0.1) is 32.1 Å². The lowest BCUT2D eigenvalue weighted by Gasteiger charge is -2.42. The molecule has 1 unspecified atom stereocenters. The van der Waals surface area contributed by atoms with Crippen LogP contribution in [0.5, 0.6) is 0 Å². The summed E-state index contributed by atoms with van der Waals surface area (Å²) in [5.41, 5.74) is 0.0845. The molecule has 3 aromatic rings. The van der Waals surface area contributed by atoms with Gasteiger partial charge in [0.2, 0.25) is 5.91 Å². The van der Waals surface area contributed by atoms with Crippen LogP contribution in [0.4, 0.5) is 25.0 Å². The largest absolute Gasteiger partial charge is 0.476 e. The van der Waals surface area contributed by atoms with E-state index in [1.54, 1.807) is 0 Å². The maximum atomic E-state index is 15.4. The van der Waals surface area contributed by atoms with Gasteiger partial charge in [0.1, 0.15) is 11.3 Å². The number of carbonyl (C=O) groups excluding carboxylic acids is 2. The normalized spacial score (nSPS) is 18.0. The fourth-order valence-electron chi connectivity index (χ4n) is 5.43. The Morgan fingerprint density at radius 2 is 1.52 bits per heavy atom. The van der Waals surface area contributed by atoms with Crippen LogP contribution in [-0.4, -0.2) is 57.2 Å². The molecule has 5 rings (SSSR count). The molecule has 246 valence electrons. The first-order chi connectivity index (χ1) is 22.1. The Hall–Kier alpha value is -3.87. The number of ether oxygens (including phenoxy) is 2. The minimum atomic E-state index is -4.19. The van der Waals surface area contributed by atoms with E-state index < -0.39 is 43.3 Å². The molecule has 2 heterocycles. The van der Waals surface area contributed by atoms with Crippen LogP contribution in [-0.2, 0) is 45.6 Å². The van der Waals surface area contributed by atoms with Gasteiger partial charge >= 0.3 is 13.9 Å². The summed E-state index contributed by atoms with van der Waals surface area (Å²) >= 11 is 0. The van der Waals surface area contributed by atoms with Crippen molar-refractivity contribution in [2.75, 3.05) is 43.2 Å². The van der Waals surface area contributed by atoms with Crippen molar-refractivity contribution >= 4 is 31.2 Å². The van der Waals surface area contributed by atoms with Crippen molar-refractivity contribution in [2.45, 2.75) is 44.8 Å². The predicted octanol–water partition coefficient (Wildman–Crippen LogP) is 5.93. The second-order valence-electron chi connectivity index (χ2n) is 11.1. The number of piperidine rings is 1. The summed E-state index contributed by atoms with van der Waals surface area (Å²) < 4.78 is 73.4. The first-order valence-electron chi connectivity index (χ1n) is 14.7. The number of rotatable bonds is 13. The molecule has 1 atom stereocenters. The minimum absolute atomic E-state index is 0.0268. The van der Waals surface area contributed by atoms with E-state index in [0.717, 1.165) is 28.2 Å². The SMILES string of the molecule is COCC1(OP(=O)(OCc2ccccc2)OCc2ccccc2)CCN(c2c(F)cc(N3CC(NC(C)=O)OC3=O)cc2F)CC1. The molecular formula is C32H36F2N3O8P. The molecule has 11 nitrogen and oxygen atoms in total. The molecule has 2 fully saturated rings. The number of carbonyl (C=O) groups is 2. The molecule has 1 N–H and O–H groups in total. The second kappa shape index (κ2) is 14.7. The van der Waals surface area contributed by atoms with Crippen molar-refractivity contribution in [1.82, 2.24) is 5.32 Å². The number of hydrogen-bond donors (Lipinski definition) is 1. The number of benzene rings is 3. The first kappa shape index (κ1) is 33.5. The van der Waals surface area contributed by atoms with Gasteiger partial charge in [-0.2, -0.15) is 0 Å². The Labute approximate surface area is 265 Å². The van der Waals surface area contributed by atoms with Crippen LogP contribution in [0.15, 0.2) is 72.8 Å². The summed E-state index contributed by atoms with van der Waals surface area (Å²) in [4.78, 5) is 26.2. The first-order valence-corrected chi connectivity index (χ1v) is 16.2. The molecule has 2 aliphatic heterocycles. The van der Waals surface area contributed by atoms with Crippen molar-refractivity contribution in [1.29, 1.82) is 0 Å². The van der Waals surface area contributed by atoms with E-state index in [2.05, 4.69) is 5.32 Å². The van der Waals surface area contributed by atoms with Crippen LogP contribution in [0.2, 0.25) is 0 Å². The third-order valence-electron chi connectivity index (χ3n) is 7.66. The molecule has 2 amide bonds. The standard InChI is InChI=1S/C32H36F2N3O8P/c1-23(38)35-29-19-37(31(39)44-29)26-17-27(33)30(28(34)18-26)36-15-13-32(14-16-36,22-41-2)45-46(40,42-20-24-9-5-3-6-10-24)43-21-25-11-7-4-8-12-25/h3-12,17-18,29H,13-16,19-22H2,1-2H3,(H,35,38). The van der Waals surface area contributed by atoms with Gasteiger partial charge in [0.25, 0.3) is 0 Å². The van der Waals surface area contributed by atoms with Gasteiger partial charge in [-0.3, -0.25) is 23.3 Å². The number of amides is 2. The molecule has 3 aromatic carbocycles. The lowest BCUT2D eigenvalue weighted by Crippen LogP contribution is -2.49. The number of cyclic esters (lactones) is 1. The van der Waals surface area contributed by atoms with Crippen LogP contribution >= 0.6 is 7.82 Å². The summed E-state index contributed by atoms with van der Waals surface area (Å²) in [7, 11) is -2.70. The number of halogens is 2. The van der Waals surface area contributed by atoms with Crippen LogP contribution < -0.4 is 15.1 Å². The number of nitrogens with one attached hydrogen (secondary N) is 1. The van der Waals surface area contributed by atoms with Crippen LogP contribution in [0.1, 0.15) is 30.9 Å². The van der Waals surface area contributed by atoms with E-state index in [4.69, 9.17) is 23.0 Å². The Balaban J connectivity index is 1.30. The van der Waals surface area contributed by atoms with E-state index in [1.807, 2.05) is 60.7 Å². The predicted molar refractivity (Wildman–Crippen MR) is 165 cm³/mol. The highest BCUT2D eigenvalue weighted by atomic mass is 31.2. The van der Waals surface area contributed by atoms with Crippen molar-refractivity contribution in [2.24, 2.45) is 0 Å². The van der Waals surface area contributed by atoms with E-state index in [-0.39, 0.29) is 63.7 Å². The fraction of sp³-hybridized carbons (Fsp3) is 0.375. The lowest BCUT2D eigenvalue weighted by molar-refractivity contribution is -0.121. The van der Waals surface area contributed by atoms with Gasteiger partial charge in [-0.1, -0.05) is 60.7 Å². The second-order valence-corrected chi connectivity index (χ2v) is 12.7. The zero-order valence-corrected chi connectivity index (χ0v) is 26.4. The topological polar surface area (TPSA) is 116 Å². The molecule has 0 saturated carbocycles. The van der Waals surface area contributed by atoms with E-state index in [0.29, 0.717) is 0 Å². The van der Waals surface area contributed by atoms with Crippen molar-refractivity contribution in [3.63, 3.8) is 0 Å². The Morgan fingerprint density at radius 1 is 0.978 bits per heavy atom. The number of nitrogens with zero attached hydrogens (tertiary/aromatic N) is 2. The van der Waals surface area contributed by atoms with Gasteiger partial charge in [-0.05, 0) is 24.0 Å². The molecule has 2 saturated heterocycles. The maximum Gasteiger partial charge on any atom is 0.476 e. The average molecular weight is 660 g/mol. The maximum absolute atomic E-state index is 15.4. The zero-order valence-electron chi connectivity index (χ0n) is 25.5. The fourth-order valence-corrected chi connectivity index (χ4v) is 6.94. The molecule has 0 aromatic heterocycles. The molecule has 0 radical (unpaired) electrons. The highest BCUT2D eigenvalue weighted by Gasteiger charge is 2.45. The van der Waals surface area contributed by atoms with Crippen LogP contribution in [0.25, 0.3) is 0 Å². The van der Waals surface area contributed by atoms with Gasteiger partial charge in [-0.15, -0.1) is 0 Å². The Kier molecular flexibility index (Phi) is 10.7. The van der Waals surface area contributed by atoms with Gasteiger partial charge < -0.3 is 19.7 Å². The third kappa shape index (κ3) is 8.28. The molecule has 0 bridgehead atoms. The quantitative estimate of drug-likeness (QED) is 0.223. The van der Waals surface area contributed by atoms with Gasteiger partial charge in [-0.25, -0.2) is 18.1 Å². The third-order valence-corrected chi connectivity index (χ3v) is 9.16. The molecule has 0 spiro atoms. The number of methoxy groups -OCH3 is 1. The highest BCUT2D eigenvalue weighted by Crippen LogP contribution is 2.56. The van der Waals surface area contributed by atoms with E-state index in [1.165, 1.54) is 18.9 Å². The summed E-state index contributed by atoms with van der Waals surface area (Å²) in [6.07, 6.45) is -1.40. The number of phosphoric acid groups is 1. The highest BCUT2D eigenvalue weighted by molar-refractivity contribution is 7.48. The number of hydrogen-bond acceptors (Lipinski definition) is 9. The summed E-state index contributed by atoms with van der Waals surface area (Å²) in [5, 5.41) is 2.45. The average Bonchev–Trinajstić information content (AvgIpc) is 3.40. The number of anilines is 2. The van der Waals surface area contributed by atoms with Gasteiger partial charge in [0, 0.05) is 39.3 Å². The monoisotopic (exact) mass is 659 g/mol. The minimum Gasteiger partial charge on any atom is -0.423 e. The molecule has 14 heteroatoms. The molecule has 2 aliphatic rings. The number of phosphoric ester groups is 1. The smallest absolute Gasteiger partial charge is 0.423 e. The molecular weight excluding hydrogens is 623 g/mol. The summed E-state index contributed by atoms with van der Waals surface area (Å²) in [6, 6.07) is 20.5. The molecule has 46 heavy (non-hydrogen) atoms. The lowest BCUT2D eigenvalue weighted by atomic mass is 9.92. The van der Waals surface area contributed by atoms with Crippen molar-refractivity contribution in [3.05, 3.63) is 95.6 Å². The van der Waals surface area contributed by atoms with Crippen LogP contribution in [0.3, 0.4) is 0 Å². The molecule has 0 aliphatic carbocycles.